The minimum Gasteiger partial charge on any atom is -0.457 e. The van der Waals surface area contributed by atoms with E-state index < -0.39 is 0 Å². The van der Waals surface area contributed by atoms with E-state index in [-0.39, 0.29) is 0 Å². The molecule has 0 aliphatic carbocycles. The minimum absolute atomic E-state index is 0.811. The highest BCUT2D eigenvalue weighted by molar-refractivity contribution is 7.98. The molecule has 2 heterocycles. The number of amidine groups is 1. The number of aliphatic imine (C=N–C) groups is 1. The van der Waals surface area contributed by atoms with Crippen molar-refractivity contribution in [2.45, 2.75) is 6.92 Å². The highest BCUT2D eigenvalue weighted by Gasteiger charge is 2.24. The number of benzene rings is 2. The first kappa shape index (κ1) is 15.0. The fraction of sp³-hybridized carbons (Fsp3) is 0.158. The first-order chi connectivity index (χ1) is 11.8. The van der Waals surface area contributed by atoms with E-state index in [2.05, 4.69) is 15.5 Å². The van der Waals surface area contributed by atoms with Crippen molar-refractivity contribution < 1.29 is 4.74 Å². The highest BCUT2D eigenvalue weighted by Crippen LogP contribution is 2.25. The van der Waals surface area contributed by atoms with Gasteiger partial charge in [-0.25, -0.2) is 4.99 Å². The second-order valence-corrected chi connectivity index (χ2v) is 6.46. The third kappa shape index (κ3) is 3.08. The van der Waals surface area contributed by atoms with Crippen LogP contribution in [-0.4, -0.2) is 28.7 Å². The zero-order chi connectivity index (χ0) is 16.4. The van der Waals surface area contributed by atoms with Crippen LogP contribution in [0.4, 0.5) is 0 Å². The van der Waals surface area contributed by atoms with Gasteiger partial charge in [-0.3, -0.25) is 0 Å². The van der Waals surface area contributed by atoms with Crippen LogP contribution in [0.25, 0.3) is 0 Å². The monoisotopic (exact) mass is 335 g/mol. The van der Waals surface area contributed by atoms with Gasteiger partial charge in [-0.15, -0.1) is 0 Å². The number of para-hydroxylation sites is 1. The third-order valence-corrected chi connectivity index (χ3v) is 4.46. The molecule has 0 saturated heterocycles. The number of hydrogen-bond acceptors (Lipinski definition) is 5. The Bertz CT molecular complexity index is 825. The second kappa shape index (κ2) is 6.53. The molecule has 24 heavy (non-hydrogen) atoms. The molecule has 0 spiro atoms. The molecule has 0 unspecified atom stereocenters. The van der Waals surface area contributed by atoms with Crippen molar-refractivity contribution >= 4 is 23.5 Å². The van der Waals surface area contributed by atoms with E-state index >= 15 is 0 Å². The Morgan fingerprint density at radius 3 is 2.54 bits per heavy atom. The Morgan fingerprint density at radius 1 is 1.00 bits per heavy atom. The number of fused-ring (bicyclic) bond motifs is 1. The van der Waals surface area contributed by atoms with Crippen LogP contribution in [0.15, 0.2) is 75.9 Å². The van der Waals surface area contributed by atoms with Crippen LogP contribution in [0.3, 0.4) is 0 Å². The van der Waals surface area contributed by atoms with E-state index in [1.165, 1.54) is 0 Å². The van der Waals surface area contributed by atoms with Crippen LogP contribution in [0, 0.1) is 0 Å². The van der Waals surface area contributed by atoms with Gasteiger partial charge >= 0.3 is 0 Å². The normalized spacial score (nSPS) is 16.7. The van der Waals surface area contributed by atoms with Gasteiger partial charge in [-0.2, -0.15) is 4.40 Å². The topological polar surface area (TPSA) is 37.2 Å². The molecule has 0 radical (unpaired) electrons. The summed E-state index contributed by atoms with van der Waals surface area (Å²) >= 11 is 1.60. The number of hydrogen-bond donors (Lipinski definition) is 0. The molecule has 0 N–H and O–H groups in total. The molecular weight excluding hydrogens is 318 g/mol. The Labute approximate surface area is 145 Å². The lowest BCUT2D eigenvalue weighted by molar-refractivity contribution is 0.482. The van der Waals surface area contributed by atoms with Crippen LogP contribution < -0.4 is 4.74 Å². The summed E-state index contributed by atoms with van der Waals surface area (Å²) in [6, 6.07) is 17.8. The lowest BCUT2D eigenvalue weighted by Gasteiger charge is -2.29. The molecule has 120 valence electrons. The van der Waals surface area contributed by atoms with Crippen molar-refractivity contribution in [3.63, 3.8) is 0 Å². The first-order valence-corrected chi connectivity index (χ1v) is 8.81. The molecule has 5 heteroatoms. The van der Waals surface area contributed by atoms with Crippen molar-refractivity contribution in [2.24, 2.45) is 9.39 Å². The largest absolute Gasteiger partial charge is 0.457 e. The van der Waals surface area contributed by atoms with Gasteiger partial charge in [0.05, 0.1) is 5.70 Å². The molecule has 0 fully saturated rings. The summed E-state index contributed by atoms with van der Waals surface area (Å²) < 4.78 is 10.4. The average molecular weight is 335 g/mol. The quantitative estimate of drug-likeness (QED) is 0.775. The molecule has 0 saturated carbocycles. The maximum atomic E-state index is 5.85. The fourth-order valence-corrected chi connectivity index (χ4v) is 3.37. The Morgan fingerprint density at radius 2 is 1.75 bits per heavy atom. The summed E-state index contributed by atoms with van der Waals surface area (Å²) in [5.74, 6) is 3.59. The molecule has 2 aromatic carbocycles. The first-order valence-electron chi connectivity index (χ1n) is 7.87. The minimum atomic E-state index is 0.811. The Balaban J connectivity index is 1.60. The predicted molar refractivity (Wildman–Crippen MR) is 99.9 cm³/mol. The summed E-state index contributed by atoms with van der Waals surface area (Å²) in [5.41, 5.74) is 2.98. The molecule has 4 nitrogen and oxygen atoms in total. The van der Waals surface area contributed by atoms with Gasteiger partial charge in [-0.1, -0.05) is 18.2 Å². The van der Waals surface area contributed by atoms with E-state index in [0.29, 0.717) is 0 Å². The van der Waals surface area contributed by atoms with Gasteiger partial charge in [0.25, 0.3) is 0 Å². The summed E-state index contributed by atoms with van der Waals surface area (Å²) in [4.78, 5) is 6.88. The van der Waals surface area contributed by atoms with Crippen LogP contribution in [0.1, 0.15) is 12.5 Å². The highest BCUT2D eigenvalue weighted by atomic mass is 32.2. The van der Waals surface area contributed by atoms with Crippen LogP contribution in [0.2, 0.25) is 0 Å². The van der Waals surface area contributed by atoms with Crippen LogP contribution in [0.5, 0.6) is 11.5 Å². The number of nitrogens with zero attached hydrogens (tertiary/aromatic N) is 3. The van der Waals surface area contributed by atoms with Gasteiger partial charge in [0, 0.05) is 24.1 Å². The summed E-state index contributed by atoms with van der Waals surface area (Å²) in [5, 5.41) is 0. The van der Waals surface area contributed by atoms with Gasteiger partial charge in [0.1, 0.15) is 17.2 Å². The lowest BCUT2D eigenvalue weighted by Crippen LogP contribution is -2.39. The predicted octanol–water partition coefficient (Wildman–Crippen LogP) is 4.51. The van der Waals surface area contributed by atoms with Gasteiger partial charge in [0.2, 0.25) is 0 Å². The molecule has 0 bridgehead atoms. The van der Waals surface area contributed by atoms with Crippen molar-refractivity contribution in [1.29, 1.82) is 0 Å². The maximum Gasteiger partial charge on any atom is 0.167 e. The average Bonchev–Trinajstić information content (AvgIpc) is 2.62. The standard InChI is InChI=1S/C19H17N3OS/c1-14-13-22-11-12-24-21-19(22)18(20-14)15-7-9-17(10-8-15)23-16-5-3-2-4-6-16/h2-10,13H,11-12H2,1H3. The smallest absolute Gasteiger partial charge is 0.167 e. The molecular formula is C19H17N3OS. The summed E-state index contributed by atoms with van der Waals surface area (Å²) in [7, 11) is 0. The third-order valence-electron chi connectivity index (χ3n) is 3.80. The van der Waals surface area contributed by atoms with E-state index in [4.69, 9.17) is 9.73 Å². The van der Waals surface area contributed by atoms with Gasteiger partial charge in [0.15, 0.2) is 5.84 Å². The van der Waals surface area contributed by atoms with Crippen molar-refractivity contribution in [1.82, 2.24) is 4.90 Å². The number of rotatable bonds is 3. The van der Waals surface area contributed by atoms with Crippen molar-refractivity contribution in [2.75, 3.05) is 12.3 Å². The fourth-order valence-electron chi connectivity index (χ4n) is 2.69. The van der Waals surface area contributed by atoms with E-state index in [1.54, 1.807) is 11.9 Å². The van der Waals surface area contributed by atoms with E-state index in [0.717, 1.165) is 46.6 Å². The number of ether oxygens (including phenoxy) is 1. The SMILES string of the molecule is CC1=CN2CCSN=C2C(c2ccc(Oc3ccccc3)cc2)=N1. The lowest BCUT2D eigenvalue weighted by atomic mass is 10.1. The van der Waals surface area contributed by atoms with Crippen LogP contribution >= 0.6 is 11.9 Å². The van der Waals surface area contributed by atoms with E-state index in [1.807, 2.05) is 61.5 Å². The Kier molecular flexibility index (Phi) is 4.09. The van der Waals surface area contributed by atoms with Crippen molar-refractivity contribution in [3.05, 3.63) is 72.1 Å². The molecule has 2 aliphatic rings. The zero-order valence-electron chi connectivity index (χ0n) is 13.3. The molecule has 0 amide bonds. The number of allylic oxidation sites excluding steroid dienone is 1. The second-order valence-electron chi connectivity index (χ2n) is 5.61. The van der Waals surface area contributed by atoms with E-state index in [9.17, 15) is 0 Å². The van der Waals surface area contributed by atoms with Gasteiger partial charge < -0.3 is 9.64 Å². The summed E-state index contributed by atoms with van der Waals surface area (Å²) in [6.45, 7) is 2.99. The zero-order valence-corrected chi connectivity index (χ0v) is 14.2. The molecule has 0 aromatic heterocycles. The van der Waals surface area contributed by atoms with Crippen molar-refractivity contribution in [3.8, 4) is 11.5 Å². The molecule has 2 aromatic rings. The molecule has 2 aliphatic heterocycles. The Hall–Kier alpha value is -2.53. The summed E-state index contributed by atoms with van der Waals surface area (Å²) in [6.07, 6.45) is 2.06. The maximum absolute atomic E-state index is 5.85. The molecule has 0 atom stereocenters. The van der Waals surface area contributed by atoms with Gasteiger partial charge in [-0.05, 0) is 55.3 Å². The molecule has 4 rings (SSSR count). The van der Waals surface area contributed by atoms with Crippen LogP contribution in [-0.2, 0) is 0 Å².